The molecule has 0 radical (unpaired) electrons. The van der Waals surface area contributed by atoms with Crippen molar-refractivity contribution < 1.29 is 4.52 Å². The third-order valence-electron chi connectivity index (χ3n) is 3.77. The van der Waals surface area contributed by atoms with Crippen molar-refractivity contribution in [1.82, 2.24) is 20.4 Å². The number of nitrogens with one attached hydrogen (secondary N) is 1. The van der Waals surface area contributed by atoms with Gasteiger partial charge in [-0.25, -0.2) is 0 Å². The number of rotatable bonds is 2. The van der Waals surface area contributed by atoms with Crippen molar-refractivity contribution in [3.05, 3.63) is 28.7 Å². The molecule has 1 unspecified atom stereocenters. The van der Waals surface area contributed by atoms with Gasteiger partial charge in [-0.05, 0) is 52.9 Å². The van der Waals surface area contributed by atoms with E-state index in [1.165, 1.54) is 6.42 Å². The van der Waals surface area contributed by atoms with Crippen LogP contribution in [0.3, 0.4) is 0 Å². The van der Waals surface area contributed by atoms with E-state index in [9.17, 15) is 0 Å². The number of hydrogen-bond donors (Lipinski definition) is 1. The molecule has 2 aromatic rings. The van der Waals surface area contributed by atoms with Gasteiger partial charge in [-0.1, -0.05) is 19.0 Å². The van der Waals surface area contributed by atoms with Gasteiger partial charge in [0, 0.05) is 10.7 Å². The predicted octanol–water partition coefficient (Wildman–Crippen LogP) is 3.34. The highest BCUT2D eigenvalue weighted by Crippen LogP contribution is 2.39. The first kappa shape index (κ1) is 13.7. The van der Waals surface area contributed by atoms with E-state index in [1.807, 2.05) is 12.1 Å². The van der Waals surface area contributed by atoms with Crippen LogP contribution in [0.15, 0.2) is 27.3 Å². The van der Waals surface area contributed by atoms with Crippen LogP contribution in [-0.2, 0) is 0 Å². The minimum absolute atomic E-state index is 0.105. The molecule has 1 aliphatic heterocycles. The fourth-order valence-corrected chi connectivity index (χ4v) is 2.83. The minimum Gasteiger partial charge on any atom is -0.337 e. The monoisotopic (exact) mass is 336 g/mol. The third kappa shape index (κ3) is 2.62. The Balaban J connectivity index is 1.88. The lowest BCUT2D eigenvalue weighted by atomic mass is 9.77. The fraction of sp³-hybridized carbons (Fsp3) is 0.500. The van der Waals surface area contributed by atoms with Gasteiger partial charge in [0.25, 0.3) is 0 Å². The number of hydrogen-bond acceptors (Lipinski definition) is 5. The van der Waals surface area contributed by atoms with E-state index in [-0.39, 0.29) is 11.5 Å². The van der Waals surface area contributed by atoms with Crippen LogP contribution in [0.2, 0.25) is 0 Å². The first-order valence-corrected chi connectivity index (χ1v) is 7.54. The molecule has 0 aromatic carbocycles. The summed E-state index contributed by atoms with van der Waals surface area (Å²) in [6.07, 6.45) is 4.06. The first-order valence-electron chi connectivity index (χ1n) is 6.75. The maximum atomic E-state index is 5.45. The molecule has 1 fully saturated rings. The highest BCUT2D eigenvalue weighted by atomic mass is 79.9. The van der Waals surface area contributed by atoms with Gasteiger partial charge in [0.05, 0.1) is 6.04 Å². The zero-order valence-electron chi connectivity index (χ0n) is 11.6. The maximum Gasteiger partial charge on any atom is 0.244 e. The Morgan fingerprint density at radius 2 is 2.25 bits per heavy atom. The van der Waals surface area contributed by atoms with Gasteiger partial charge in [-0.3, -0.25) is 4.98 Å². The Hall–Kier alpha value is -1.27. The van der Waals surface area contributed by atoms with E-state index in [0.717, 1.165) is 23.1 Å². The minimum atomic E-state index is 0.105. The lowest BCUT2D eigenvalue weighted by Crippen LogP contribution is -2.39. The van der Waals surface area contributed by atoms with E-state index in [4.69, 9.17) is 4.52 Å². The molecule has 0 saturated carbocycles. The SMILES string of the molecule is CC1(C)CCCNC1c1nc(-c2ccc(Br)cn2)no1. The van der Waals surface area contributed by atoms with Crippen LogP contribution in [0.1, 0.15) is 38.6 Å². The van der Waals surface area contributed by atoms with Gasteiger partial charge >= 0.3 is 0 Å². The van der Waals surface area contributed by atoms with E-state index in [2.05, 4.69) is 50.2 Å². The highest BCUT2D eigenvalue weighted by molar-refractivity contribution is 9.10. The van der Waals surface area contributed by atoms with Gasteiger partial charge in [-0.2, -0.15) is 4.98 Å². The summed E-state index contributed by atoms with van der Waals surface area (Å²) in [5, 5.41) is 7.53. The van der Waals surface area contributed by atoms with E-state index >= 15 is 0 Å². The summed E-state index contributed by atoms with van der Waals surface area (Å²) in [7, 11) is 0. The van der Waals surface area contributed by atoms with Crippen molar-refractivity contribution in [2.24, 2.45) is 5.41 Å². The molecule has 1 aliphatic rings. The summed E-state index contributed by atoms with van der Waals surface area (Å²) in [6.45, 7) is 5.44. The van der Waals surface area contributed by atoms with Crippen molar-refractivity contribution in [3.63, 3.8) is 0 Å². The standard InChI is InChI=1S/C14H17BrN4O/c1-14(2)6-3-7-16-11(14)13-18-12(19-20-13)10-5-4-9(15)8-17-10/h4-5,8,11,16H,3,6-7H2,1-2H3. The van der Waals surface area contributed by atoms with Crippen LogP contribution in [0.5, 0.6) is 0 Å². The summed E-state index contributed by atoms with van der Waals surface area (Å²) in [5.41, 5.74) is 0.840. The molecule has 1 N–H and O–H groups in total. The largest absolute Gasteiger partial charge is 0.337 e. The second-order valence-corrected chi connectivity index (χ2v) is 6.71. The summed E-state index contributed by atoms with van der Waals surface area (Å²) in [6, 6.07) is 3.90. The smallest absolute Gasteiger partial charge is 0.244 e. The Bertz CT molecular complexity index is 593. The molecule has 3 heterocycles. The van der Waals surface area contributed by atoms with Crippen molar-refractivity contribution in [2.75, 3.05) is 6.54 Å². The highest BCUT2D eigenvalue weighted by Gasteiger charge is 2.37. The maximum absolute atomic E-state index is 5.45. The Kier molecular flexibility index (Phi) is 3.60. The van der Waals surface area contributed by atoms with Gasteiger partial charge in [-0.15, -0.1) is 0 Å². The second kappa shape index (κ2) is 5.26. The molecule has 2 aromatic heterocycles. The van der Waals surface area contributed by atoms with E-state index in [1.54, 1.807) is 6.20 Å². The fourth-order valence-electron chi connectivity index (χ4n) is 2.60. The molecule has 106 valence electrons. The van der Waals surface area contributed by atoms with E-state index in [0.29, 0.717) is 11.7 Å². The summed E-state index contributed by atoms with van der Waals surface area (Å²) >= 11 is 3.36. The third-order valence-corrected chi connectivity index (χ3v) is 4.24. The molecule has 1 atom stereocenters. The average Bonchev–Trinajstić information content (AvgIpc) is 2.88. The molecule has 20 heavy (non-hydrogen) atoms. The van der Waals surface area contributed by atoms with Gasteiger partial charge in [0.2, 0.25) is 11.7 Å². The average molecular weight is 337 g/mol. The van der Waals surface area contributed by atoms with Crippen LogP contribution in [0.25, 0.3) is 11.5 Å². The molecule has 0 spiro atoms. The Morgan fingerprint density at radius 3 is 2.95 bits per heavy atom. The van der Waals surface area contributed by atoms with Crippen LogP contribution in [0.4, 0.5) is 0 Å². The van der Waals surface area contributed by atoms with Crippen molar-refractivity contribution in [1.29, 1.82) is 0 Å². The van der Waals surface area contributed by atoms with Gasteiger partial charge in [0.1, 0.15) is 5.69 Å². The quantitative estimate of drug-likeness (QED) is 0.911. The normalized spacial score (nSPS) is 21.9. The van der Waals surface area contributed by atoms with Crippen molar-refractivity contribution in [3.8, 4) is 11.5 Å². The molecule has 1 saturated heterocycles. The second-order valence-electron chi connectivity index (χ2n) is 5.80. The summed E-state index contributed by atoms with van der Waals surface area (Å²) < 4.78 is 6.38. The molecule has 0 aliphatic carbocycles. The van der Waals surface area contributed by atoms with Crippen LogP contribution in [-0.4, -0.2) is 21.7 Å². The van der Waals surface area contributed by atoms with E-state index < -0.39 is 0 Å². The number of halogens is 1. The zero-order valence-corrected chi connectivity index (χ0v) is 13.1. The molecule has 5 nitrogen and oxygen atoms in total. The molecule has 6 heteroatoms. The molecule has 3 rings (SSSR count). The predicted molar refractivity (Wildman–Crippen MR) is 79.0 cm³/mol. The lowest BCUT2D eigenvalue weighted by Gasteiger charge is -2.36. The number of aromatic nitrogens is 3. The van der Waals surface area contributed by atoms with Gasteiger partial charge in [0.15, 0.2) is 0 Å². The number of piperidine rings is 1. The summed E-state index contributed by atoms with van der Waals surface area (Å²) in [4.78, 5) is 8.80. The number of nitrogens with zero attached hydrogens (tertiary/aromatic N) is 3. The van der Waals surface area contributed by atoms with Crippen molar-refractivity contribution in [2.45, 2.75) is 32.7 Å². The topological polar surface area (TPSA) is 63.8 Å². The first-order chi connectivity index (χ1) is 9.56. The molecule has 0 bridgehead atoms. The molecular formula is C14H17BrN4O. The summed E-state index contributed by atoms with van der Waals surface area (Å²) in [5.74, 6) is 1.19. The number of pyridine rings is 1. The Morgan fingerprint density at radius 1 is 1.40 bits per heavy atom. The Labute approximate surface area is 126 Å². The van der Waals surface area contributed by atoms with Crippen LogP contribution < -0.4 is 5.32 Å². The van der Waals surface area contributed by atoms with Crippen molar-refractivity contribution >= 4 is 15.9 Å². The van der Waals surface area contributed by atoms with Gasteiger partial charge < -0.3 is 9.84 Å². The van der Waals surface area contributed by atoms with Crippen LogP contribution >= 0.6 is 15.9 Å². The zero-order chi connectivity index (χ0) is 14.2. The molecular weight excluding hydrogens is 320 g/mol. The lowest BCUT2D eigenvalue weighted by molar-refractivity contribution is 0.146. The molecule has 0 amide bonds. The van der Waals surface area contributed by atoms with Crippen LogP contribution in [0, 0.1) is 5.41 Å².